The fourth-order valence-electron chi connectivity index (χ4n) is 2.46. The second-order valence-electron chi connectivity index (χ2n) is 5.86. The molecule has 144 valence electrons. The first-order chi connectivity index (χ1) is 13.5. The second-order valence-corrected chi connectivity index (χ2v) is 6.70. The van der Waals surface area contributed by atoms with Crippen molar-refractivity contribution in [3.63, 3.8) is 0 Å². The number of nitrogens with one attached hydrogen (secondary N) is 1. The van der Waals surface area contributed by atoms with Gasteiger partial charge in [-0.25, -0.2) is 4.68 Å². The maximum Gasteiger partial charge on any atom is 0.266 e. The van der Waals surface area contributed by atoms with E-state index in [9.17, 15) is 9.59 Å². The lowest BCUT2D eigenvalue weighted by molar-refractivity contribution is -0.123. The Hall–Kier alpha value is -2.83. The van der Waals surface area contributed by atoms with Crippen LogP contribution in [-0.2, 0) is 11.3 Å². The average molecular weight is 418 g/mol. The number of aromatic nitrogens is 2. The molecule has 0 atom stereocenters. The highest BCUT2D eigenvalue weighted by molar-refractivity contribution is 6.35. The van der Waals surface area contributed by atoms with Crippen LogP contribution in [0, 0.1) is 0 Å². The molecule has 1 N–H and O–H groups in total. The lowest BCUT2D eigenvalue weighted by Gasteiger charge is -2.10. The number of nitrogens with zero attached hydrogens (tertiary/aromatic N) is 2. The van der Waals surface area contributed by atoms with Crippen LogP contribution >= 0.6 is 23.2 Å². The number of rotatable bonds is 7. The summed E-state index contributed by atoms with van der Waals surface area (Å²) in [5, 5.41) is 7.84. The molecule has 1 aromatic heterocycles. The van der Waals surface area contributed by atoms with Gasteiger partial charge in [0.25, 0.3) is 11.5 Å². The van der Waals surface area contributed by atoms with Gasteiger partial charge in [0.15, 0.2) is 6.61 Å². The van der Waals surface area contributed by atoms with E-state index in [1.54, 1.807) is 18.2 Å². The molecule has 0 saturated carbocycles. The zero-order valence-corrected chi connectivity index (χ0v) is 16.3. The molecule has 3 aromatic rings. The Balaban J connectivity index is 1.53. The number of hydrogen-bond donors (Lipinski definition) is 1. The van der Waals surface area contributed by atoms with Crippen LogP contribution in [-0.4, -0.2) is 28.8 Å². The fraction of sp³-hybridized carbons (Fsp3) is 0.150. The topological polar surface area (TPSA) is 73.2 Å². The summed E-state index contributed by atoms with van der Waals surface area (Å²) < 4.78 is 6.69. The minimum absolute atomic E-state index is 0.201. The van der Waals surface area contributed by atoms with Gasteiger partial charge in [0.1, 0.15) is 5.75 Å². The van der Waals surface area contributed by atoms with E-state index in [1.165, 1.54) is 16.8 Å². The highest BCUT2D eigenvalue weighted by Crippen LogP contribution is 2.27. The fourth-order valence-corrected chi connectivity index (χ4v) is 2.92. The van der Waals surface area contributed by atoms with Crippen LogP contribution < -0.4 is 15.6 Å². The van der Waals surface area contributed by atoms with Crippen molar-refractivity contribution in [2.45, 2.75) is 6.54 Å². The summed E-state index contributed by atoms with van der Waals surface area (Å²) in [5.41, 5.74) is 1.36. The molecule has 0 unspecified atom stereocenters. The molecule has 0 aliphatic rings. The molecule has 0 saturated heterocycles. The van der Waals surface area contributed by atoms with Crippen LogP contribution in [0.2, 0.25) is 10.0 Å². The van der Waals surface area contributed by atoms with E-state index in [0.29, 0.717) is 21.5 Å². The highest BCUT2D eigenvalue weighted by Gasteiger charge is 2.07. The van der Waals surface area contributed by atoms with Gasteiger partial charge in [0, 0.05) is 23.2 Å². The summed E-state index contributed by atoms with van der Waals surface area (Å²) in [6.45, 7) is 0.280. The first-order valence-electron chi connectivity index (χ1n) is 8.51. The molecule has 2 aromatic carbocycles. The van der Waals surface area contributed by atoms with E-state index in [2.05, 4.69) is 10.4 Å². The number of halogens is 2. The molecule has 8 heteroatoms. The molecule has 1 amide bonds. The summed E-state index contributed by atoms with van der Waals surface area (Å²) in [6.07, 6.45) is 0. The summed E-state index contributed by atoms with van der Waals surface area (Å²) >= 11 is 11.8. The third-order valence-corrected chi connectivity index (χ3v) is 4.37. The largest absolute Gasteiger partial charge is 0.482 e. The van der Waals surface area contributed by atoms with Gasteiger partial charge in [0.2, 0.25) is 0 Å². The van der Waals surface area contributed by atoms with E-state index in [1.807, 2.05) is 30.3 Å². The maximum absolute atomic E-state index is 12.0. The highest BCUT2D eigenvalue weighted by atomic mass is 35.5. The van der Waals surface area contributed by atoms with Crippen LogP contribution in [0.3, 0.4) is 0 Å². The number of carbonyl (C=O) groups is 1. The molecule has 0 aliphatic carbocycles. The minimum atomic E-state index is -0.335. The Morgan fingerprint density at radius 1 is 1.07 bits per heavy atom. The van der Waals surface area contributed by atoms with Crippen molar-refractivity contribution in [3.8, 4) is 17.0 Å². The predicted octanol–water partition coefficient (Wildman–Crippen LogP) is 3.41. The van der Waals surface area contributed by atoms with E-state index >= 15 is 0 Å². The number of hydrogen-bond acceptors (Lipinski definition) is 4. The van der Waals surface area contributed by atoms with Crippen LogP contribution in [0.25, 0.3) is 11.3 Å². The van der Waals surface area contributed by atoms with E-state index < -0.39 is 0 Å². The third kappa shape index (κ3) is 5.34. The summed E-state index contributed by atoms with van der Waals surface area (Å²) in [6, 6.07) is 17.4. The zero-order valence-electron chi connectivity index (χ0n) is 14.8. The number of amides is 1. The minimum Gasteiger partial charge on any atom is -0.482 e. The smallest absolute Gasteiger partial charge is 0.266 e. The molecule has 0 aliphatic heterocycles. The summed E-state index contributed by atoms with van der Waals surface area (Å²) in [5.74, 6) is 0.0351. The molecule has 3 rings (SSSR count). The van der Waals surface area contributed by atoms with Crippen molar-refractivity contribution in [1.82, 2.24) is 15.1 Å². The number of benzene rings is 2. The molecule has 0 radical (unpaired) electrons. The molecule has 0 bridgehead atoms. The predicted molar refractivity (Wildman–Crippen MR) is 109 cm³/mol. The SMILES string of the molecule is O=C(COc1ccc(Cl)cc1Cl)NCCn1nc(-c2ccccc2)ccc1=O. The molecule has 1 heterocycles. The van der Waals surface area contributed by atoms with Gasteiger partial charge in [-0.05, 0) is 24.3 Å². The lowest BCUT2D eigenvalue weighted by atomic mass is 10.1. The van der Waals surface area contributed by atoms with E-state index in [0.717, 1.165) is 5.56 Å². The third-order valence-electron chi connectivity index (χ3n) is 3.83. The number of ether oxygens (including phenoxy) is 1. The Labute approximate surface area is 171 Å². The second kappa shape index (κ2) is 9.39. The molecular formula is C20H17Cl2N3O3. The Morgan fingerprint density at radius 2 is 1.86 bits per heavy atom. The van der Waals surface area contributed by atoms with Crippen LogP contribution in [0.5, 0.6) is 5.75 Å². The zero-order chi connectivity index (χ0) is 19.9. The van der Waals surface area contributed by atoms with Gasteiger partial charge >= 0.3 is 0 Å². The van der Waals surface area contributed by atoms with Crippen molar-refractivity contribution >= 4 is 29.1 Å². The number of carbonyl (C=O) groups excluding carboxylic acids is 1. The molecule has 0 fully saturated rings. The van der Waals surface area contributed by atoms with Crippen molar-refractivity contribution in [2.75, 3.05) is 13.2 Å². The van der Waals surface area contributed by atoms with Crippen LogP contribution in [0.4, 0.5) is 0 Å². The van der Waals surface area contributed by atoms with Gasteiger partial charge < -0.3 is 10.1 Å². The quantitative estimate of drug-likeness (QED) is 0.638. The van der Waals surface area contributed by atoms with Gasteiger partial charge in [-0.1, -0.05) is 53.5 Å². The Kier molecular flexibility index (Phi) is 6.68. The van der Waals surface area contributed by atoms with Crippen LogP contribution in [0.1, 0.15) is 0 Å². The molecule has 6 nitrogen and oxygen atoms in total. The van der Waals surface area contributed by atoms with Gasteiger partial charge in [-0.15, -0.1) is 0 Å². The first kappa shape index (κ1) is 19.9. The Morgan fingerprint density at radius 3 is 2.61 bits per heavy atom. The normalized spacial score (nSPS) is 10.5. The van der Waals surface area contributed by atoms with Gasteiger partial charge in [-0.2, -0.15) is 5.10 Å². The monoisotopic (exact) mass is 417 g/mol. The standard InChI is InChI=1S/C20H17Cl2N3O3/c21-15-6-8-18(16(22)12-15)28-13-19(26)23-10-11-25-20(27)9-7-17(24-25)14-4-2-1-3-5-14/h1-9,12H,10-11,13H2,(H,23,26). The molecule has 0 spiro atoms. The van der Waals surface area contributed by atoms with Crippen molar-refractivity contribution in [2.24, 2.45) is 0 Å². The van der Waals surface area contributed by atoms with Gasteiger partial charge in [-0.3, -0.25) is 9.59 Å². The van der Waals surface area contributed by atoms with Crippen molar-refractivity contribution < 1.29 is 9.53 Å². The maximum atomic E-state index is 12.0. The van der Waals surface area contributed by atoms with E-state index in [-0.39, 0.29) is 31.2 Å². The van der Waals surface area contributed by atoms with Crippen molar-refractivity contribution in [1.29, 1.82) is 0 Å². The van der Waals surface area contributed by atoms with E-state index in [4.69, 9.17) is 27.9 Å². The van der Waals surface area contributed by atoms with Gasteiger partial charge in [0.05, 0.1) is 17.3 Å². The molecular weight excluding hydrogens is 401 g/mol. The molecule has 28 heavy (non-hydrogen) atoms. The van der Waals surface area contributed by atoms with Crippen molar-refractivity contribution in [3.05, 3.63) is 81.1 Å². The lowest BCUT2D eigenvalue weighted by Crippen LogP contribution is -2.34. The summed E-state index contributed by atoms with van der Waals surface area (Å²) in [7, 11) is 0. The van der Waals surface area contributed by atoms with Crippen LogP contribution in [0.15, 0.2) is 65.5 Å². The summed E-state index contributed by atoms with van der Waals surface area (Å²) in [4.78, 5) is 23.9. The first-order valence-corrected chi connectivity index (χ1v) is 9.26. The Bertz CT molecular complexity index is 1020. The average Bonchev–Trinajstić information content (AvgIpc) is 2.69.